The summed E-state index contributed by atoms with van der Waals surface area (Å²) in [6.07, 6.45) is 16.4. The molecule has 0 saturated carbocycles. The van der Waals surface area contributed by atoms with E-state index in [1.165, 1.54) is 32.1 Å². The van der Waals surface area contributed by atoms with Gasteiger partial charge in [0.25, 0.3) is 0 Å². The number of unbranched alkanes of at least 4 members (excludes halogenated alkanes) is 1. The number of imidazole rings is 1. The highest BCUT2D eigenvalue weighted by atomic mass is 32.2. The summed E-state index contributed by atoms with van der Waals surface area (Å²) in [5, 5.41) is 2.98. The van der Waals surface area contributed by atoms with Crippen LogP contribution in [-0.2, 0) is 33.0 Å². The van der Waals surface area contributed by atoms with Crippen LogP contribution in [-0.4, -0.2) is 52.9 Å². The fourth-order valence-electron chi connectivity index (χ4n) is 6.12. The molecule has 1 aliphatic rings. The lowest BCUT2D eigenvalue weighted by Crippen LogP contribution is -2.27. The molecule has 1 N–H and O–H groups in total. The summed E-state index contributed by atoms with van der Waals surface area (Å²) in [5.74, 6) is 1.01. The van der Waals surface area contributed by atoms with Crippen LogP contribution >= 0.6 is 0 Å². The van der Waals surface area contributed by atoms with Crippen LogP contribution in [0.25, 0.3) is 17.2 Å². The van der Waals surface area contributed by atoms with Crippen molar-refractivity contribution in [1.82, 2.24) is 9.55 Å². The Balaban J connectivity index is 1.25. The highest BCUT2D eigenvalue weighted by molar-refractivity contribution is 7.90. The molecule has 266 valence electrons. The molecule has 1 aliphatic heterocycles. The third kappa shape index (κ3) is 11.2. The Bertz CT molecular complexity index is 1630. The van der Waals surface area contributed by atoms with E-state index in [2.05, 4.69) is 59.4 Å². The summed E-state index contributed by atoms with van der Waals surface area (Å²) in [4.78, 5) is 20.6. The van der Waals surface area contributed by atoms with Gasteiger partial charge in [-0.3, -0.25) is 4.79 Å². The van der Waals surface area contributed by atoms with E-state index in [0.717, 1.165) is 79.3 Å². The first-order valence-corrected chi connectivity index (χ1v) is 19.5. The minimum atomic E-state index is -1.21. The molecular formula is C41H52N4O4S. The quantitative estimate of drug-likeness (QED) is 0.0674. The van der Waals surface area contributed by atoms with Crippen LogP contribution in [0.3, 0.4) is 0 Å². The minimum absolute atomic E-state index is 0.216. The summed E-state index contributed by atoms with van der Waals surface area (Å²) in [6.45, 7) is 9.03. The van der Waals surface area contributed by atoms with E-state index < -0.39 is 11.2 Å². The molecule has 1 fully saturated rings. The van der Waals surface area contributed by atoms with Crippen molar-refractivity contribution >= 4 is 34.5 Å². The molecule has 3 aromatic carbocycles. The average Bonchev–Trinajstić information content (AvgIpc) is 3.55. The van der Waals surface area contributed by atoms with Gasteiger partial charge in [-0.25, -0.2) is 4.98 Å². The molecule has 1 atom stereocenters. The van der Waals surface area contributed by atoms with E-state index in [4.69, 9.17) is 9.47 Å². The molecule has 4 aromatic rings. The number of carbonyl (C=O) groups excluding carboxylic acids is 1. The first-order valence-electron chi connectivity index (χ1n) is 18.2. The van der Waals surface area contributed by atoms with Gasteiger partial charge in [0, 0.05) is 43.7 Å². The Morgan fingerprint density at radius 2 is 1.64 bits per heavy atom. The highest BCUT2D eigenvalue weighted by Crippen LogP contribution is 2.31. The van der Waals surface area contributed by atoms with Crippen molar-refractivity contribution in [2.75, 3.05) is 43.1 Å². The largest absolute Gasteiger partial charge is 0.611 e. The van der Waals surface area contributed by atoms with Gasteiger partial charge >= 0.3 is 0 Å². The van der Waals surface area contributed by atoms with Gasteiger partial charge in [-0.2, -0.15) is 0 Å². The SMILES string of the molecule is CCCCOCCOc1ccc(-c2ccc(N3CCCCCCC3)c(C=CC(=O)Nc3ccc([S+]([O-])Cc4cncn4CCC)cc3)c2)cc1. The van der Waals surface area contributed by atoms with Gasteiger partial charge in [-0.05, 0) is 108 Å². The second-order valence-electron chi connectivity index (χ2n) is 12.8. The standard InChI is InChI=1S/C41H52N4O4S/c1-3-5-26-48-27-28-49-38-17-11-33(12-18-38)34-13-21-40(44-24-9-7-6-8-10-25-44)35(29-34)14-22-41(46)43-36-15-19-39(20-16-36)50(47)31-37-30-42-32-45(37)23-4-2/h11-22,29-30,32H,3-10,23-28,31H2,1-2H3,(H,43,46). The molecule has 50 heavy (non-hydrogen) atoms. The van der Waals surface area contributed by atoms with Crippen LogP contribution < -0.4 is 15.0 Å². The van der Waals surface area contributed by atoms with Crippen molar-refractivity contribution in [2.24, 2.45) is 0 Å². The predicted molar refractivity (Wildman–Crippen MR) is 205 cm³/mol. The minimum Gasteiger partial charge on any atom is -0.611 e. The van der Waals surface area contributed by atoms with Gasteiger partial charge in [0.05, 0.1) is 24.8 Å². The molecular weight excluding hydrogens is 645 g/mol. The molecule has 5 rings (SSSR count). The summed E-state index contributed by atoms with van der Waals surface area (Å²) >= 11 is -1.21. The maximum absolute atomic E-state index is 13.2. The Kier molecular flexibility index (Phi) is 14.9. The first-order chi connectivity index (χ1) is 24.5. The monoisotopic (exact) mass is 696 g/mol. The molecule has 1 saturated heterocycles. The number of benzene rings is 3. The lowest BCUT2D eigenvalue weighted by Gasteiger charge is -2.28. The lowest BCUT2D eigenvalue weighted by molar-refractivity contribution is -0.111. The maximum Gasteiger partial charge on any atom is 0.248 e. The number of aromatic nitrogens is 2. The van der Waals surface area contributed by atoms with Crippen molar-refractivity contribution in [3.63, 3.8) is 0 Å². The normalized spacial score (nSPS) is 14.3. The Labute approximate surface area is 301 Å². The average molecular weight is 697 g/mol. The number of carbonyl (C=O) groups is 1. The fraction of sp³-hybridized carbons (Fsp3) is 0.415. The molecule has 0 aliphatic carbocycles. The van der Waals surface area contributed by atoms with Crippen molar-refractivity contribution in [3.8, 4) is 16.9 Å². The third-order valence-corrected chi connectivity index (χ3v) is 10.2. The number of anilines is 2. The summed E-state index contributed by atoms with van der Waals surface area (Å²) < 4.78 is 26.6. The third-order valence-electron chi connectivity index (χ3n) is 8.89. The van der Waals surface area contributed by atoms with Gasteiger partial charge in [0.15, 0.2) is 10.6 Å². The first kappa shape index (κ1) is 37.2. The Morgan fingerprint density at radius 3 is 2.38 bits per heavy atom. The van der Waals surface area contributed by atoms with Crippen LogP contribution in [0.2, 0.25) is 0 Å². The molecule has 9 heteroatoms. The van der Waals surface area contributed by atoms with E-state index in [1.807, 2.05) is 34.9 Å². The van der Waals surface area contributed by atoms with Crippen LogP contribution in [0.4, 0.5) is 11.4 Å². The molecule has 0 spiro atoms. The number of rotatable bonds is 17. The van der Waals surface area contributed by atoms with Crippen LogP contribution in [0.5, 0.6) is 5.75 Å². The van der Waals surface area contributed by atoms with E-state index in [0.29, 0.717) is 29.5 Å². The van der Waals surface area contributed by atoms with Gasteiger partial charge < -0.3 is 28.8 Å². The zero-order chi connectivity index (χ0) is 35.0. The van der Waals surface area contributed by atoms with Crippen LogP contribution in [0.1, 0.15) is 76.5 Å². The van der Waals surface area contributed by atoms with Gasteiger partial charge in [-0.1, -0.05) is 57.7 Å². The number of ether oxygens (including phenoxy) is 2. The Morgan fingerprint density at radius 1 is 0.900 bits per heavy atom. The molecule has 0 radical (unpaired) electrons. The number of hydrogen-bond donors (Lipinski definition) is 1. The van der Waals surface area contributed by atoms with Gasteiger partial charge in [0.1, 0.15) is 12.4 Å². The van der Waals surface area contributed by atoms with Crippen molar-refractivity contribution in [1.29, 1.82) is 0 Å². The molecule has 1 amide bonds. The lowest BCUT2D eigenvalue weighted by atomic mass is 9.99. The number of amides is 1. The van der Waals surface area contributed by atoms with Crippen LogP contribution in [0, 0.1) is 0 Å². The predicted octanol–water partition coefficient (Wildman–Crippen LogP) is 8.89. The van der Waals surface area contributed by atoms with Gasteiger partial charge in [-0.15, -0.1) is 0 Å². The topological polar surface area (TPSA) is 91.7 Å². The van der Waals surface area contributed by atoms with Crippen LogP contribution in [0.15, 0.2) is 90.2 Å². The maximum atomic E-state index is 13.2. The van der Waals surface area contributed by atoms with E-state index in [9.17, 15) is 9.35 Å². The molecule has 2 heterocycles. The zero-order valence-corrected chi connectivity index (χ0v) is 30.5. The molecule has 8 nitrogen and oxygen atoms in total. The summed E-state index contributed by atoms with van der Waals surface area (Å²) in [6, 6.07) is 21.9. The van der Waals surface area contributed by atoms with E-state index in [1.54, 1.807) is 30.7 Å². The number of nitrogens with zero attached hydrogens (tertiary/aromatic N) is 3. The zero-order valence-electron chi connectivity index (χ0n) is 29.6. The molecule has 1 unspecified atom stereocenters. The molecule has 0 bridgehead atoms. The molecule has 1 aromatic heterocycles. The van der Waals surface area contributed by atoms with E-state index >= 15 is 0 Å². The van der Waals surface area contributed by atoms with Crippen molar-refractivity contribution < 1.29 is 18.8 Å². The number of aryl methyl sites for hydroxylation is 1. The fourth-order valence-corrected chi connectivity index (χ4v) is 7.24. The number of nitrogens with one attached hydrogen (secondary N) is 1. The number of hydrogen-bond acceptors (Lipinski definition) is 6. The second kappa shape index (κ2) is 20.0. The Hall–Kier alpha value is -4.05. The van der Waals surface area contributed by atoms with E-state index in [-0.39, 0.29) is 5.91 Å². The van der Waals surface area contributed by atoms with Gasteiger partial charge in [0.2, 0.25) is 5.91 Å². The summed E-state index contributed by atoms with van der Waals surface area (Å²) in [7, 11) is 0. The van der Waals surface area contributed by atoms with Crippen molar-refractivity contribution in [2.45, 2.75) is 82.4 Å². The second-order valence-corrected chi connectivity index (χ2v) is 14.2. The summed E-state index contributed by atoms with van der Waals surface area (Å²) in [5.41, 5.74) is 5.94. The highest BCUT2D eigenvalue weighted by Gasteiger charge is 2.16. The smallest absolute Gasteiger partial charge is 0.248 e. The van der Waals surface area contributed by atoms with Crippen molar-refractivity contribution in [3.05, 3.63) is 96.6 Å².